The number of likely N-dealkylation sites (tertiary alicyclic amines) is 1. The summed E-state index contributed by atoms with van der Waals surface area (Å²) in [6.07, 6.45) is 2.15. The van der Waals surface area contributed by atoms with Gasteiger partial charge in [-0.25, -0.2) is 5.84 Å². The van der Waals surface area contributed by atoms with E-state index in [1.807, 2.05) is 19.0 Å². The molecule has 4 N–H and O–H groups in total. The first-order valence-electron chi connectivity index (χ1n) is 6.52. The van der Waals surface area contributed by atoms with E-state index in [0.29, 0.717) is 11.9 Å². The number of hydrogen-bond donors (Lipinski definition) is 3. The van der Waals surface area contributed by atoms with Gasteiger partial charge in [0.15, 0.2) is 0 Å². The monoisotopic (exact) mass is 280 g/mol. The van der Waals surface area contributed by atoms with Gasteiger partial charge in [-0.3, -0.25) is 10.2 Å². The molecule has 1 aromatic heterocycles. The summed E-state index contributed by atoms with van der Waals surface area (Å²) in [5.74, 6) is 6.41. The second-order valence-electron chi connectivity index (χ2n) is 4.76. The zero-order valence-electron chi connectivity index (χ0n) is 11.8. The normalized spacial score (nSPS) is 14.2. The van der Waals surface area contributed by atoms with Crippen molar-refractivity contribution in [2.45, 2.75) is 12.8 Å². The van der Waals surface area contributed by atoms with E-state index in [-0.39, 0.29) is 18.4 Å². The second kappa shape index (κ2) is 6.33. The summed E-state index contributed by atoms with van der Waals surface area (Å²) in [6.45, 7) is 1.83. The fraction of sp³-hybridized carbons (Fsp3) is 0.636. The molecule has 1 aliphatic rings. The fourth-order valence-electron chi connectivity index (χ4n) is 1.94. The van der Waals surface area contributed by atoms with Gasteiger partial charge in [0.2, 0.25) is 23.8 Å². The van der Waals surface area contributed by atoms with Gasteiger partial charge in [-0.1, -0.05) is 0 Å². The molecule has 2 heterocycles. The third-order valence-corrected chi connectivity index (χ3v) is 3.01. The molecule has 1 amide bonds. The zero-order chi connectivity index (χ0) is 14.5. The van der Waals surface area contributed by atoms with Crippen LogP contribution in [0.25, 0.3) is 0 Å². The van der Waals surface area contributed by atoms with Gasteiger partial charge in [0.05, 0.1) is 6.54 Å². The predicted octanol–water partition coefficient (Wildman–Crippen LogP) is -0.743. The number of amides is 1. The van der Waals surface area contributed by atoms with Crippen molar-refractivity contribution in [3.05, 3.63) is 0 Å². The minimum Gasteiger partial charge on any atom is -0.347 e. The molecule has 1 aromatic rings. The topological polar surface area (TPSA) is 112 Å². The predicted molar refractivity (Wildman–Crippen MR) is 76.3 cm³/mol. The molecule has 0 atom stereocenters. The largest absolute Gasteiger partial charge is 0.347 e. The maximum atomic E-state index is 11.9. The Morgan fingerprint density at radius 2 is 1.90 bits per heavy atom. The number of carbonyl (C=O) groups excluding carboxylic acids is 1. The Hall–Kier alpha value is -2.16. The van der Waals surface area contributed by atoms with E-state index >= 15 is 0 Å². The van der Waals surface area contributed by atoms with Gasteiger partial charge >= 0.3 is 0 Å². The lowest BCUT2D eigenvalue weighted by Gasteiger charge is -2.16. The van der Waals surface area contributed by atoms with Crippen LogP contribution in [0.5, 0.6) is 0 Å². The van der Waals surface area contributed by atoms with Crippen LogP contribution in [0, 0.1) is 0 Å². The van der Waals surface area contributed by atoms with Crippen LogP contribution >= 0.6 is 0 Å². The minimum absolute atomic E-state index is 0.0524. The average molecular weight is 280 g/mol. The number of hydrogen-bond acceptors (Lipinski definition) is 8. The Morgan fingerprint density at radius 3 is 2.50 bits per heavy atom. The molecule has 2 rings (SSSR count). The van der Waals surface area contributed by atoms with E-state index in [1.54, 1.807) is 4.90 Å². The first kappa shape index (κ1) is 14.3. The Morgan fingerprint density at radius 1 is 1.25 bits per heavy atom. The second-order valence-corrected chi connectivity index (χ2v) is 4.76. The summed E-state index contributed by atoms with van der Waals surface area (Å²) in [7, 11) is 3.63. The Kier molecular flexibility index (Phi) is 4.51. The highest BCUT2D eigenvalue weighted by molar-refractivity contribution is 5.80. The van der Waals surface area contributed by atoms with Crippen molar-refractivity contribution in [2.24, 2.45) is 5.84 Å². The first-order chi connectivity index (χ1) is 9.60. The lowest BCUT2D eigenvalue weighted by Crippen LogP contribution is -2.33. The number of nitrogens with one attached hydrogen (secondary N) is 2. The van der Waals surface area contributed by atoms with Gasteiger partial charge in [-0.2, -0.15) is 15.0 Å². The number of carbonyl (C=O) groups is 1. The van der Waals surface area contributed by atoms with Gasteiger partial charge in [0.25, 0.3) is 0 Å². The molecule has 9 nitrogen and oxygen atoms in total. The summed E-state index contributed by atoms with van der Waals surface area (Å²) in [6, 6.07) is 0. The van der Waals surface area contributed by atoms with E-state index in [1.165, 1.54) is 0 Å². The Labute approximate surface area is 117 Å². The number of aromatic nitrogens is 3. The highest BCUT2D eigenvalue weighted by Gasteiger charge is 2.18. The number of hydrazine groups is 1. The molecule has 0 saturated carbocycles. The molecule has 0 radical (unpaired) electrons. The smallest absolute Gasteiger partial charge is 0.243 e. The maximum Gasteiger partial charge on any atom is 0.243 e. The number of nitrogens with zero attached hydrogens (tertiary/aromatic N) is 5. The molecule has 110 valence electrons. The van der Waals surface area contributed by atoms with E-state index < -0.39 is 0 Å². The number of anilines is 3. The fourth-order valence-corrected chi connectivity index (χ4v) is 1.94. The van der Waals surface area contributed by atoms with Gasteiger partial charge < -0.3 is 15.1 Å². The van der Waals surface area contributed by atoms with Crippen molar-refractivity contribution in [2.75, 3.05) is 49.4 Å². The van der Waals surface area contributed by atoms with E-state index in [2.05, 4.69) is 25.7 Å². The molecule has 9 heteroatoms. The molecule has 1 fully saturated rings. The summed E-state index contributed by atoms with van der Waals surface area (Å²) < 4.78 is 0. The lowest BCUT2D eigenvalue weighted by molar-refractivity contribution is -0.128. The molecule has 0 spiro atoms. The van der Waals surface area contributed by atoms with E-state index in [9.17, 15) is 4.79 Å². The summed E-state index contributed by atoms with van der Waals surface area (Å²) >= 11 is 0. The van der Waals surface area contributed by atoms with Crippen molar-refractivity contribution in [1.29, 1.82) is 0 Å². The number of nitrogen functional groups attached to an aromatic ring is 1. The highest BCUT2D eigenvalue weighted by Crippen LogP contribution is 2.11. The molecule has 1 aliphatic heterocycles. The molecule has 0 unspecified atom stereocenters. The van der Waals surface area contributed by atoms with Crippen LogP contribution in [0.2, 0.25) is 0 Å². The molecule has 0 aromatic carbocycles. The Bertz CT molecular complexity index is 471. The zero-order valence-corrected chi connectivity index (χ0v) is 11.8. The van der Waals surface area contributed by atoms with E-state index in [0.717, 1.165) is 25.9 Å². The SMILES string of the molecule is CN(C)c1nc(NN)nc(NCC(=O)N2CCCC2)n1. The molecule has 0 aliphatic carbocycles. The maximum absolute atomic E-state index is 11.9. The molecular formula is C11H20N8O. The Balaban J connectivity index is 2.00. The van der Waals surface area contributed by atoms with Crippen molar-refractivity contribution in [3.8, 4) is 0 Å². The van der Waals surface area contributed by atoms with Crippen molar-refractivity contribution >= 4 is 23.8 Å². The third-order valence-electron chi connectivity index (χ3n) is 3.01. The van der Waals surface area contributed by atoms with Crippen LogP contribution in [-0.2, 0) is 4.79 Å². The molecule has 1 saturated heterocycles. The minimum atomic E-state index is 0.0524. The van der Waals surface area contributed by atoms with Crippen molar-refractivity contribution in [1.82, 2.24) is 19.9 Å². The number of nitrogens with two attached hydrogens (primary N) is 1. The molecular weight excluding hydrogens is 260 g/mol. The van der Waals surface area contributed by atoms with E-state index in [4.69, 9.17) is 5.84 Å². The number of rotatable bonds is 5. The summed E-state index contributed by atoms with van der Waals surface area (Å²) in [4.78, 5) is 27.9. The average Bonchev–Trinajstić information content (AvgIpc) is 2.98. The lowest BCUT2D eigenvalue weighted by atomic mass is 10.4. The van der Waals surface area contributed by atoms with Crippen LogP contribution < -0.4 is 21.5 Å². The molecule has 0 bridgehead atoms. The van der Waals surface area contributed by atoms with Crippen molar-refractivity contribution in [3.63, 3.8) is 0 Å². The summed E-state index contributed by atoms with van der Waals surface area (Å²) in [5, 5.41) is 2.92. The van der Waals surface area contributed by atoms with Gasteiger partial charge in [-0.15, -0.1) is 0 Å². The van der Waals surface area contributed by atoms with Gasteiger partial charge in [0, 0.05) is 27.2 Å². The van der Waals surface area contributed by atoms with Crippen LogP contribution in [0.3, 0.4) is 0 Å². The quantitative estimate of drug-likeness (QED) is 0.477. The van der Waals surface area contributed by atoms with Gasteiger partial charge in [-0.05, 0) is 12.8 Å². The third kappa shape index (κ3) is 3.44. The summed E-state index contributed by atoms with van der Waals surface area (Å²) in [5.41, 5.74) is 2.38. The van der Waals surface area contributed by atoms with Gasteiger partial charge in [0.1, 0.15) is 0 Å². The molecule has 20 heavy (non-hydrogen) atoms. The van der Waals surface area contributed by atoms with Crippen LogP contribution in [0.1, 0.15) is 12.8 Å². The highest BCUT2D eigenvalue weighted by atomic mass is 16.2. The first-order valence-corrected chi connectivity index (χ1v) is 6.52. The van der Waals surface area contributed by atoms with Crippen LogP contribution in [-0.4, -0.2) is 59.5 Å². The van der Waals surface area contributed by atoms with Crippen molar-refractivity contribution < 1.29 is 4.79 Å². The van der Waals surface area contributed by atoms with Crippen LogP contribution in [0.15, 0.2) is 0 Å². The van der Waals surface area contributed by atoms with Crippen LogP contribution in [0.4, 0.5) is 17.8 Å². The standard InChI is InChI=1S/C11H20N8O/c1-18(2)11-15-9(14-10(16-11)17-12)13-7-8(20)19-5-3-4-6-19/h3-7,12H2,1-2H3,(H2,13,14,15,16,17).